The van der Waals surface area contributed by atoms with Crippen LogP contribution in [0.5, 0.6) is 11.5 Å². The molecule has 0 aliphatic carbocycles. The van der Waals surface area contributed by atoms with Crippen molar-refractivity contribution in [3.05, 3.63) is 18.2 Å². The summed E-state index contributed by atoms with van der Waals surface area (Å²) < 4.78 is 10.4. The zero-order chi connectivity index (χ0) is 14.5. The van der Waals surface area contributed by atoms with Crippen LogP contribution in [0, 0.1) is 0 Å². The smallest absolute Gasteiger partial charge is 0.321 e. The van der Waals surface area contributed by atoms with Crippen LogP contribution in [0.15, 0.2) is 18.2 Å². The average molecular weight is 280 g/mol. The van der Waals surface area contributed by atoms with Crippen molar-refractivity contribution in [2.75, 3.05) is 25.7 Å². The van der Waals surface area contributed by atoms with Gasteiger partial charge in [-0.1, -0.05) is 0 Å². The molecule has 20 heavy (non-hydrogen) atoms. The second-order valence-corrected chi connectivity index (χ2v) is 4.42. The van der Waals surface area contributed by atoms with E-state index in [9.17, 15) is 9.59 Å². The van der Waals surface area contributed by atoms with E-state index in [0.717, 1.165) is 0 Å². The molecule has 0 fully saturated rings. The van der Waals surface area contributed by atoms with Gasteiger partial charge in [0.1, 0.15) is 0 Å². The molecular weight excluding hydrogens is 264 g/mol. The molecule has 0 bridgehead atoms. The van der Waals surface area contributed by atoms with Crippen molar-refractivity contribution in [1.82, 2.24) is 4.90 Å². The highest BCUT2D eigenvalue weighted by Gasteiger charge is 2.15. The van der Waals surface area contributed by atoms with Crippen LogP contribution in [-0.4, -0.2) is 42.4 Å². The number of hydrogen-bond acceptors (Lipinski definition) is 4. The van der Waals surface area contributed by atoms with Gasteiger partial charge in [-0.05, 0) is 18.6 Å². The van der Waals surface area contributed by atoms with E-state index in [1.54, 1.807) is 25.2 Å². The second-order valence-electron chi connectivity index (χ2n) is 4.42. The van der Waals surface area contributed by atoms with E-state index in [0.29, 0.717) is 30.2 Å². The van der Waals surface area contributed by atoms with Gasteiger partial charge in [0.05, 0.1) is 0 Å². The van der Waals surface area contributed by atoms with Crippen molar-refractivity contribution in [2.45, 2.75) is 12.8 Å². The summed E-state index contributed by atoms with van der Waals surface area (Å²) in [5.41, 5.74) is 0.601. The largest absolute Gasteiger partial charge is 0.481 e. The van der Waals surface area contributed by atoms with Crippen molar-refractivity contribution in [2.24, 2.45) is 0 Å². The number of aliphatic carboxylic acids is 1. The van der Waals surface area contributed by atoms with E-state index in [2.05, 4.69) is 5.32 Å². The third-order valence-electron chi connectivity index (χ3n) is 2.85. The fourth-order valence-corrected chi connectivity index (χ4v) is 1.76. The zero-order valence-electron chi connectivity index (χ0n) is 11.1. The number of benzene rings is 1. The summed E-state index contributed by atoms with van der Waals surface area (Å²) in [7, 11) is 1.62. The molecule has 0 aromatic heterocycles. The maximum Gasteiger partial charge on any atom is 0.321 e. The number of ether oxygens (including phenoxy) is 2. The number of fused-ring (bicyclic) bond motifs is 1. The van der Waals surface area contributed by atoms with Gasteiger partial charge in [0.15, 0.2) is 11.5 Å². The molecule has 1 aliphatic rings. The lowest BCUT2D eigenvalue weighted by atomic mass is 10.3. The summed E-state index contributed by atoms with van der Waals surface area (Å²) in [5.74, 6) is 0.378. The molecule has 1 aliphatic heterocycles. The van der Waals surface area contributed by atoms with Crippen LogP contribution in [-0.2, 0) is 4.79 Å². The van der Waals surface area contributed by atoms with Crippen LogP contribution >= 0.6 is 0 Å². The lowest BCUT2D eigenvalue weighted by Gasteiger charge is -2.17. The monoisotopic (exact) mass is 280 g/mol. The van der Waals surface area contributed by atoms with Gasteiger partial charge >= 0.3 is 12.0 Å². The number of urea groups is 1. The minimum Gasteiger partial charge on any atom is -0.481 e. The Kier molecular flexibility index (Phi) is 4.29. The summed E-state index contributed by atoms with van der Waals surface area (Å²) >= 11 is 0. The molecule has 2 amide bonds. The van der Waals surface area contributed by atoms with Gasteiger partial charge in [-0.2, -0.15) is 0 Å². The molecule has 0 unspecified atom stereocenters. The molecule has 0 saturated carbocycles. The fourth-order valence-electron chi connectivity index (χ4n) is 1.76. The van der Waals surface area contributed by atoms with Gasteiger partial charge in [-0.25, -0.2) is 4.79 Å². The number of nitrogens with one attached hydrogen (secondary N) is 1. The predicted molar refractivity (Wildman–Crippen MR) is 71.1 cm³/mol. The Balaban J connectivity index is 1.86. The highest BCUT2D eigenvalue weighted by atomic mass is 16.7. The SMILES string of the molecule is CN(CCCC(=O)O)C(=O)Nc1ccc2c(c1)OCO2. The Morgan fingerprint density at radius 2 is 2.10 bits per heavy atom. The maximum absolute atomic E-state index is 11.9. The van der Waals surface area contributed by atoms with Crippen LogP contribution in [0.1, 0.15) is 12.8 Å². The van der Waals surface area contributed by atoms with Gasteiger partial charge in [0.2, 0.25) is 6.79 Å². The number of nitrogens with zero attached hydrogens (tertiary/aromatic N) is 1. The standard InChI is InChI=1S/C13H16N2O5/c1-15(6-2-3-12(16)17)13(18)14-9-4-5-10-11(7-9)20-8-19-10/h4-5,7H,2-3,6,8H2,1H3,(H,14,18)(H,16,17). The molecular formula is C13H16N2O5. The van der Waals surface area contributed by atoms with Gasteiger partial charge in [0, 0.05) is 31.8 Å². The number of carboxylic acids is 1. The Labute approximate surface area is 116 Å². The topological polar surface area (TPSA) is 88.1 Å². The van der Waals surface area contributed by atoms with E-state index in [-0.39, 0.29) is 19.2 Å². The second kappa shape index (κ2) is 6.14. The number of anilines is 1. The Morgan fingerprint density at radius 3 is 2.85 bits per heavy atom. The summed E-state index contributed by atoms with van der Waals surface area (Å²) in [4.78, 5) is 23.7. The normalized spacial score (nSPS) is 12.1. The molecule has 0 saturated heterocycles. The number of carbonyl (C=O) groups is 2. The van der Waals surface area contributed by atoms with E-state index in [4.69, 9.17) is 14.6 Å². The number of rotatable bonds is 5. The number of amides is 2. The molecule has 1 aromatic carbocycles. The van der Waals surface area contributed by atoms with Crippen LogP contribution in [0.4, 0.5) is 10.5 Å². The van der Waals surface area contributed by atoms with E-state index < -0.39 is 5.97 Å². The first-order valence-electron chi connectivity index (χ1n) is 6.20. The van der Waals surface area contributed by atoms with E-state index >= 15 is 0 Å². The first-order valence-corrected chi connectivity index (χ1v) is 6.20. The summed E-state index contributed by atoms with van der Waals surface area (Å²) in [6, 6.07) is 4.83. The minimum absolute atomic E-state index is 0.0433. The molecule has 108 valence electrons. The van der Waals surface area contributed by atoms with Gasteiger partial charge in [-0.15, -0.1) is 0 Å². The lowest BCUT2D eigenvalue weighted by molar-refractivity contribution is -0.137. The summed E-state index contributed by atoms with van der Waals surface area (Å²) in [6.07, 6.45) is 0.460. The average Bonchev–Trinajstić information content (AvgIpc) is 2.85. The highest BCUT2D eigenvalue weighted by molar-refractivity contribution is 5.89. The van der Waals surface area contributed by atoms with Gasteiger partial charge in [-0.3, -0.25) is 4.79 Å². The van der Waals surface area contributed by atoms with Crippen molar-refractivity contribution in [1.29, 1.82) is 0 Å². The van der Waals surface area contributed by atoms with Crippen molar-refractivity contribution < 1.29 is 24.2 Å². The number of carbonyl (C=O) groups excluding carboxylic acids is 1. The van der Waals surface area contributed by atoms with Gasteiger partial charge < -0.3 is 24.8 Å². The zero-order valence-corrected chi connectivity index (χ0v) is 11.1. The van der Waals surface area contributed by atoms with Crippen LogP contribution in [0.3, 0.4) is 0 Å². The first-order chi connectivity index (χ1) is 9.56. The Hall–Kier alpha value is -2.44. The molecule has 0 radical (unpaired) electrons. The molecule has 1 heterocycles. The molecule has 7 nitrogen and oxygen atoms in total. The van der Waals surface area contributed by atoms with Crippen LogP contribution in [0.25, 0.3) is 0 Å². The molecule has 1 aromatic rings. The number of carboxylic acid groups (broad SMARTS) is 1. The predicted octanol–water partition coefficient (Wildman–Crippen LogP) is 1.74. The Morgan fingerprint density at radius 1 is 1.35 bits per heavy atom. The van der Waals surface area contributed by atoms with Crippen LogP contribution in [0.2, 0.25) is 0 Å². The van der Waals surface area contributed by atoms with Crippen molar-refractivity contribution >= 4 is 17.7 Å². The van der Waals surface area contributed by atoms with Crippen molar-refractivity contribution in [3.63, 3.8) is 0 Å². The molecule has 2 rings (SSSR count). The Bertz CT molecular complexity index is 517. The molecule has 0 spiro atoms. The van der Waals surface area contributed by atoms with E-state index in [1.165, 1.54) is 4.90 Å². The van der Waals surface area contributed by atoms with Crippen molar-refractivity contribution in [3.8, 4) is 11.5 Å². The maximum atomic E-state index is 11.9. The lowest BCUT2D eigenvalue weighted by Crippen LogP contribution is -2.32. The summed E-state index contributed by atoms with van der Waals surface area (Å²) in [6.45, 7) is 0.560. The number of hydrogen-bond donors (Lipinski definition) is 2. The first kappa shape index (κ1) is 14.0. The quantitative estimate of drug-likeness (QED) is 0.857. The highest BCUT2D eigenvalue weighted by Crippen LogP contribution is 2.34. The summed E-state index contributed by atoms with van der Waals surface area (Å²) in [5, 5.41) is 11.3. The van der Waals surface area contributed by atoms with Crippen LogP contribution < -0.4 is 14.8 Å². The third-order valence-corrected chi connectivity index (χ3v) is 2.85. The molecule has 2 N–H and O–H groups in total. The minimum atomic E-state index is -0.866. The van der Waals surface area contributed by atoms with E-state index in [1.807, 2.05) is 0 Å². The molecule has 7 heteroatoms. The third kappa shape index (κ3) is 3.53. The fraction of sp³-hybridized carbons (Fsp3) is 0.385. The van der Waals surface area contributed by atoms with Gasteiger partial charge in [0.25, 0.3) is 0 Å². The molecule has 0 atom stereocenters.